The molecule has 0 aliphatic rings. The summed E-state index contributed by atoms with van der Waals surface area (Å²) in [6.07, 6.45) is 5.60. The minimum Gasteiger partial charge on any atom is -0.300 e. The van der Waals surface area contributed by atoms with Crippen LogP contribution in [0.5, 0.6) is 0 Å². The number of carbonyl (C=O) groups is 1. The van der Waals surface area contributed by atoms with Crippen LogP contribution in [0.3, 0.4) is 0 Å². The van der Waals surface area contributed by atoms with Gasteiger partial charge in [-0.2, -0.15) is 0 Å². The Bertz CT molecular complexity index is 81.3. The number of unbranched alkanes of at least 4 members (excludes halogenated alkanes) is 3. The smallest absolute Gasteiger partial charge is 0.129 e. The first-order valence-electron chi connectivity index (χ1n) is 3.76. The zero-order valence-electron chi connectivity index (χ0n) is 6.94. The first-order chi connectivity index (χ1) is 4.27. The third-order valence-electron chi connectivity index (χ3n) is 1.38. The number of Topliss-reactive ketones (excluding diaryl/α,β-unsaturated/α-hetero) is 1. The second-order valence-electron chi connectivity index (χ2n) is 2.51. The van der Waals surface area contributed by atoms with E-state index in [1.54, 1.807) is 6.92 Å². The summed E-state index contributed by atoms with van der Waals surface area (Å²) >= 11 is 0. The summed E-state index contributed by atoms with van der Waals surface area (Å²) < 4.78 is 0. The Morgan fingerprint density at radius 2 is 1.80 bits per heavy atom. The molecule has 2 heteroatoms. The number of rotatable bonds is 5. The second kappa shape index (κ2) is 9.55. The van der Waals surface area contributed by atoms with Crippen molar-refractivity contribution < 1.29 is 31.0 Å². The molecule has 0 N–H and O–H groups in total. The van der Waals surface area contributed by atoms with Gasteiger partial charge in [-0.1, -0.05) is 26.2 Å². The van der Waals surface area contributed by atoms with Crippen molar-refractivity contribution in [2.24, 2.45) is 0 Å². The summed E-state index contributed by atoms with van der Waals surface area (Å²) in [6, 6.07) is 0. The molecule has 0 rings (SSSR count). The molecular formula is C8H16OZr. The summed E-state index contributed by atoms with van der Waals surface area (Å²) in [5, 5.41) is 0. The van der Waals surface area contributed by atoms with Gasteiger partial charge in [-0.25, -0.2) is 0 Å². The zero-order chi connectivity index (χ0) is 7.11. The van der Waals surface area contributed by atoms with Gasteiger partial charge >= 0.3 is 0 Å². The Morgan fingerprint density at radius 1 is 1.20 bits per heavy atom. The van der Waals surface area contributed by atoms with Crippen molar-refractivity contribution in [2.45, 2.75) is 46.0 Å². The fourth-order valence-corrected chi connectivity index (χ4v) is 0.801. The van der Waals surface area contributed by atoms with E-state index in [-0.39, 0.29) is 26.2 Å². The van der Waals surface area contributed by atoms with Gasteiger partial charge < -0.3 is 4.79 Å². The van der Waals surface area contributed by atoms with Crippen LogP contribution in [0.2, 0.25) is 0 Å². The number of hydrogen-bond donors (Lipinski definition) is 0. The fourth-order valence-electron chi connectivity index (χ4n) is 0.801. The summed E-state index contributed by atoms with van der Waals surface area (Å²) in [7, 11) is 0. The second-order valence-corrected chi connectivity index (χ2v) is 2.51. The summed E-state index contributed by atoms with van der Waals surface area (Å²) in [6.45, 7) is 3.83. The van der Waals surface area contributed by atoms with E-state index >= 15 is 0 Å². The van der Waals surface area contributed by atoms with Crippen molar-refractivity contribution in [1.82, 2.24) is 0 Å². The molecule has 0 aromatic heterocycles. The fraction of sp³-hybridized carbons (Fsp3) is 0.875. The minimum atomic E-state index is 0. The average Bonchev–Trinajstić information content (AvgIpc) is 1.80. The monoisotopic (exact) mass is 218 g/mol. The molecule has 0 aliphatic carbocycles. The van der Waals surface area contributed by atoms with E-state index in [1.807, 2.05) is 0 Å². The molecule has 0 aliphatic heterocycles. The van der Waals surface area contributed by atoms with Crippen LogP contribution in [-0.2, 0) is 31.0 Å². The van der Waals surface area contributed by atoms with Gasteiger partial charge in [0.25, 0.3) is 0 Å². The van der Waals surface area contributed by atoms with E-state index in [4.69, 9.17) is 0 Å². The Labute approximate surface area is 82.7 Å². The molecule has 0 radical (unpaired) electrons. The number of hydrogen-bond acceptors (Lipinski definition) is 1. The molecule has 0 fully saturated rings. The molecule has 0 saturated heterocycles. The van der Waals surface area contributed by atoms with Crippen LogP contribution in [0.25, 0.3) is 0 Å². The first-order valence-corrected chi connectivity index (χ1v) is 3.76. The van der Waals surface area contributed by atoms with Gasteiger partial charge in [0.1, 0.15) is 5.78 Å². The maximum absolute atomic E-state index is 10.4. The van der Waals surface area contributed by atoms with Gasteiger partial charge in [0, 0.05) is 32.6 Å². The Morgan fingerprint density at radius 3 is 2.20 bits per heavy atom. The number of ketones is 1. The topological polar surface area (TPSA) is 17.1 Å². The first kappa shape index (κ1) is 13.2. The maximum atomic E-state index is 10.4. The Kier molecular flexibility index (Phi) is 12.6. The molecule has 0 spiro atoms. The van der Waals surface area contributed by atoms with Gasteiger partial charge in [0.2, 0.25) is 0 Å². The summed E-state index contributed by atoms with van der Waals surface area (Å²) in [4.78, 5) is 10.4. The van der Waals surface area contributed by atoms with E-state index in [0.29, 0.717) is 5.78 Å². The predicted molar refractivity (Wildman–Crippen MR) is 39.4 cm³/mol. The SMILES string of the molecule is CCCCCCC(C)=O.[Zr]. The van der Waals surface area contributed by atoms with Crippen LogP contribution >= 0.6 is 0 Å². The van der Waals surface area contributed by atoms with Gasteiger partial charge in [0.15, 0.2) is 0 Å². The standard InChI is InChI=1S/C8H16O.Zr/c1-3-4-5-6-7-8(2)9;/h3-7H2,1-2H3;. The molecule has 58 valence electrons. The van der Waals surface area contributed by atoms with Gasteiger partial charge in [-0.3, -0.25) is 0 Å². The molecule has 0 aromatic rings. The van der Waals surface area contributed by atoms with Crippen LogP contribution < -0.4 is 0 Å². The molecule has 0 bridgehead atoms. The van der Waals surface area contributed by atoms with Crippen molar-refractivity contribution in [3.05, 3.63) is 0 Å². The van der Waals surface area contributed by atoms with E-state index in [0.717, 1.165) is 12.8 Å². The van der Waals surface area contributed by atoms with Crippen molar-refractivity contribution in [2.75, 3.05) is 0 Å². The van der Waals surface area contributed by atoms with Crippen molar-refractivity contribution >= 4 is 5.78 Å². The van der Waals surface area contributed by atoms with Crippen LogP contribution in [0.15, 0.2) is 0 Å². The summed E-state index contributed by atoms with van der Waals surface area (Å²) in [5.74, 6) is 0.325. The molecule has 10 heavy (non-hydrogen) atoms. The predicted octanol–water partition coefficient (Wildman–Crippen LogP) is 2.54. The molecular weight excluding hydrogens is 203 g/mol. The average molecular weight is 219 g/mol. The van der Waals surface area contributed by atoms with E-state index < -0.39 is 0 Å². The van der Waals surface area contributed by atoms with Crippen LogP contribution in [0, 0.1) is 0 Å². The molecule has 0 atom stereocenters. The Balaban J connectivity index is 0. The van der Waals surface area contributed by atoms with Crippen LogP contribution in [-0.4, -0.2) is 5.78 Å². The molecule has 0 aromatic carbocycles. The summed E-state index contributed by atoms with van der Waals surface area (Å²) in [5.41, 5.74) is 0. The third kappa shape index (κ3) is 11.4. The van der Waals surface area contributed by atoms with Gasteiger partial charge in [0.05, 0.1) is 0 Å². The minimum absolute atomic E-state index is 0. The van der Waals surface area contributed by atoms with Crippen molar-refractivity contribution in [3.8, 4) is 0 Å². The van der Waals surface area contributed by atoms with Crippen LogP contribution in [0.4, 0.5) is 0 Å². The molecule has 0 saturated carbocycles. The molecule has 1 nitrogen and oxygen atoms in total. The Hall–Kier alpha value is 0.553. The van der Waals surface area contributed by atoms with Crippen LogP contribution in [0.1, 0.15) is 46.0 Å². The van der Waals surface area contributed by atoms with E-state index in [1.165, 1.54) is 19.3 Å². The zero-order valence-corrected chi connectivity index (χ0v) is 9.40. The molecule has 0 heterocycles. The van der Waals surface area contributed by atoms with Crippen molar-refractivity contribution in [3.63, 3.8) is 0 Å². The van der Waals surface area contributed by atoms with E-state index in [9.17, 15) is 4.79 Å². The third-order valence-corrected chi connectivity index (χ3v) is 1.38. The quantitative estimate of drug-likeness (QED) is 0.650. The van der Waals surface area contributed by atoms with Gasteiger partial charge in [-0.15, -0.1) is 0 Å². The van der Waals surface area contributed by atoms with Gasteiger partial charge in [-0.05, 0) is 13.3 Å². The van der Waals surface area contributed by atoms with Crippen molar-refractivity contribution in [1.29, 1.82) is 0 Å². The largest absolute Gasteiger partial charge is 0.300 e. The molecule has 0 amide bonds. The molecule has 0 unspecified atom stereocenters. The normalized spacial score (nSPS) is 8.60. The van der Waals surface area contributed by atoms with E-state index in [2.05, 4.69) is 6.92 Å². The maximum Gasteiger partial charge on any atom is 0.129 e. The number of carbonyl (C=O) groups excluding carboxylic acids is 1.